The van der Waals surface area contributed by atoms with Crippen LogP contribution in [0.1, 0.15) is 58.8 Å². The van der Waals surface area contributed by atoms with E-state index < -0.39 is 5.60 Å². The van der Waals surface area contributed by atoms with Gasteiger partial charge in [-0.25, -0.2) is 0 Å². The van der Waals surface area contributed by atoms with Crippen molar-refractivity contribution in [3.8, 4) is 0 Å². The number of aliphatic hydroxyl groups is 1. The Morgan fingerprint density at radius 3 is 2.44 bits per heavy atom. The lowest BCUT2D eigenvalue weighted by molar-refractivity contribution is 0.0518. The Morgan fingerprint density at radius 2 is 1.81 bits per heavy atom. The lowest BCUT2D eigenvalue weighted by atomic mass is 9.95. The zero-order valence-corrected chi connectivity index (χ0v) is 10.9. The van der Waals surface area contributed by atoms with Crippen molar-refractivity contribution in [2.24, 2.45) is 5.92 Å². The minimum atomic E-state index is -0.497. The first kappa shape index (κ1) is 12.4. The molecule has 94 valence electrons. The normalized spacial score (nSPS) is 29.1. The largest absolute Gasteiger partial charge is 0.390 e. The molecule has 0 radical (unpaired) electrons. The van der Waals surface area contributed by atoms with Gasteiger partial charge in [0.15, 0.2) is 0 Å². The summed E-state index contributed by atoms with van der Waals surface area (Å²) in [7, 11) is 0. The number of hydrogen-bond donors (Lipinski definition) is 1. The van der Waals surface area contributed by atoms with E-state index in [1.165, 1.54) is 45.1 Å². The number of hydrogen-bond acceptors (Lipinski definition) is 2. The van der Waals surface area contributed by atoms with Crippen molar-refractivity contribution in [2.45, 2.75) is 70.4 Å². The van der Waals surface area contributed by atoms with Crippen LogP contribution in [0.25, 0.3) is 0 Å². The van der Waals surface area contributed by atoms with Gasteiger partial charge in [0.1, 0.15) is 0 Å². The summed E-state index contributed by atoms with van der Waals surface area (Å²) in [6.07, 6.45) is 9.47. The fourth-order valence-corrected chi connectivity index (χ4v) is 3.42. The Bertz CT molecular complexity index is 215. The third kappa shape index (κ3) is 3.21. The Labute approximate surface area is 100 Å². The van der Waals surface area contributed by atoms with Crippen molar-refractivity contribution in [3.63, 3.8) is 0 Å². The van der Waals surface area contributed by atoms with Gasteiger partial charge in [-0.3, -0.25) is 0 Å². The molecule has 2 fully saturated rings. The Hall–Kier alpha value is -0.0800. The molecule has 1 saturated carbocycles. The molecule has 1 heterocycles. The monoisotopic (exact) mass is 225 g/mol. The van der Waals surface area contributed by atoms with Crippen molar-refractivity contribution in [1.82, 2.24) is 4.90 Å². The molecule has 2 nitrogen and oxygen atoms in total. The maximum absolute atomic E-state index is 9.80. The number of likely N-dealkylation sites (tertiary alicyclic amines) is 1. The van der Waals surface area contributed by atoms with Gasteiger partial charge in [0.2, 0.25) is 0 Å². The summed E-state index contributed by atoms with van der Waals surface area (Å²) in [5, 5.41) is 9.80. The van der Waals surface area contributed by atoms with E-state index in [9.17, 15) is 5.11 Å². The maximum Gasteiger partial charge on any atom is 0.0603 e. The Kier molecular flexibility index (Phi) is 3.91. The average Bonchev–Trinajstić information content (AvgIpc) is 2.84. The topological polar surface area (TPSA) is 23.5 Å². The smallest absolute Gasteiger partial charge is 0.0603 e. The molecule has 16 heavy (non-hydrogen) atoms. The second-order valence-electron chi connectivity index (χ2n) is 6.35. The van der Waals surface area contributed by atoms with Crippen LogP contribution < -0.4 is 0 Å². The zero-order chi connectivity index (χ0) is 11.6. The Balaban J connectivity index is 1.83. The highest BCUT2D eigenvalue weighted by atomic mass is 16.3. The fourth-order valence-electron chi connectivity index (χ4n) is 3.42. The number of nitrogens with zero attached hydrogens (tertiary/aromatic N) is 1. The molecule has 1 atom stereocenters. The van der Waals surface area contributed by atoms with E-state index in [4.69, 9.17) is 0 Å². The van der Waals surface area contributed by atoms with Crippen LogP contribution >= 0.6 is 0 Å². The average molecular weight is 225 g/mol. The van der Waals surface area contributed by atoms with Crippen molar-refractivity contribution in [2.75, 3.05) is 13.1 Å². The van der Waals surface area contributed by atoms with Crippen LogP contribution in [-0.4, -0.2) is 34.7 Å². The molecule has 0 aromatic carbocycles. The summed E-state index contributed by atoms with van der Waals surface area (Å²) < 4.78 is 0. The molecule has 0 spiro atoms. The summed E-state index contributed by atoms with van der Waals surface area (Å²) in [6, 6.07) is 0.838. The molecule has 2 heteroatoms. The van der Waals surface area contributed by atoms with Crippen LogP contribution in [-0.2, 0) is 0 Å². The van der Waals surface area contributed by atoms with Gasteiger partial charge < -0.3 is 10.0 Å². The van der Waals surface area contributed by atoms with Crippen LogP contribution in [0.4, 0.5) is 0 Å². The van der Waals surface area contributed by atoms with Crippen LogP contribution in [0, 0.1) is 5.92 Å². The molecular weight excluding hydrogens is 198 g/mol. The van der Waals surface area contributed by atoms with Gasteiger partial charge in [0.05, 0.1) is 5.60 Å². The van der Waals surface area contributed by atoms with Gasteiger partial charge in [0, 0.05) is 12.6 Å². The van der Waals surface area contributed by atoms with Gasteiger partial charge in [-0.1, -0.05) is 12.8 Å². The highest BCUT2D eigenvalue weighted by molar-refractivity contribution is 4.88. The fraction of sp³-hybridized carbons (Fsp3) is 1.00. The second kappa shape index (κ2) is 5.05. The molecule has 1 aliphatic heterocycles. The molecule has 2 rings (SSSR count). The summed E-state index contributed by atoms with van der Waals surface area (Å²) in [4.78, 5) is 2.65. The summed E-state index contributed by atoms with van der Waals surface area (Å²) >= 11 is 0. The van der Waals surface area contributed by atoms with E-state index in [1.54, 1.807) is 0 Å². The van der Waals surface area contributed by atoms with Crippen LogP contribution in [0.5, 0.6) is 0 Å². The van der Waals surface area contributed by atoms with E-state index in [0.717, 1.165) is 24.9 Å². The molecule has 1 saturated heterocycles. The third-order valence-corrected chi connectivity index (χ3v) is 4.37. The number of rotatable bonds is 4. The van der Waals surface area contributed by atoms with Crippen LogP contribution in [0.15, 0.2) is 0 Å². The van der Waals surface area contributed by atoms with Crippen LogP contribution in [0.2, 0.25) is 0 Å². The second-order valence-corrected chi connectivity index (χ2v) is 6.35. The SMILES string of the molecule is CC(C)(O)CCN1CCCC1C1CCCC1. The molecule has 1 unspecified atom stereocenters. The van der Waals surface area contributed by atoms with Gasteiger partial charge in [-0.2, -0.15) is 0 Å². The minimum absolute atomic E-state index is 0.497. The van der Waals surface area contributed by atoms with Crippen molar-refractivity contribution < 1.29 is 5.11 Å². The van der Waals surface area contributed by atoms with Gasteiger partial charge in [-0.15, -0.1) is 0 Å². The molecule has 1 N–H and O–H groups in total. The first-order chi connectivity index (χ1) is 7.56. The quantitative estimate of drug-likeness (QED) is 0.795. The van der Waals surface area contributed by atoms with E-state index in [2.05, 4.69) is 4.90 Å². The molecule has 0 aromatic rings. The highest BCUT2D eigenvalue weighted by Crippen LogP contribution is 2.35. The zero-order valence-electron chi connectivity index (χ0n) is 10.9. The first-order valence-corrected chi connectivity index (χ1v) is 7.03. The standard InChI is InChI=1S/C14H27NO/c1-14(2,16)9-11-15-10-5-8-13(15)12-6-3-4-7-12/h12-13,16H,3-11H2,1-2H3. The highest BCUT2D eigenvalue weighted by Gasteiger charge is 2.33. The van der Waals surface area contributed by atoms with Crippen molar-refractivity contribution in [3.05, 3.63) is 0 Å². The van der Waals surface area contributed by atoms with Crippen molar-refractivity contribution >= 4 is 0 Å². The van der Waals surface area contributed by atoms with E-state index in [0.29, 0.717) is 0 Å². The Morgan fingerprint density at radius 1 is 1.12 bits per heavy atom. The van der Waals surface area contributed by atoms with E-state index in [-0.39, 0.29) is 0 Å². The van der Waals surface area contributed by atoms with Gasteiger partial charge in [0.25, 0.3) is 0 Å². The first-order valence-electron chi connectivity index (χ1n) is 7.03. The van der Waals surface area contributed by atoms with Gasteiger partial charge >= 0.3 is 0 Å². The lowest BCUT2D eigenvalue weighted by Crippen LogP contribution is -2.38. The molecule has 1 aliphatic carbocycles. The maximum atomic E-state index is 9.80. The summed E-state index contributed by atoms with van der Waals surface area (Å²) in [5.74, 6) is 0.962. The van der Waals surface area contributed by atoms with Crippen molar-refractivity contribution in [1.29, 1.82) is 0 Å². The third-order valence-electron chi connectivity index (χ3n) is 4.37. The predicted octanol–water partition coefficient (Wildman–Crippen LogP) is 2.80. The molecule has 2 aliphatic rings. The summed E-state index contributed by atoms with van der Waals surface area (Å²) in [5.41, 5.74) is -0.497. The molecule has 0 amide bonds. The van der Waals surface area contributed by atoms with Crippen LogP contribution in [0.3, 0.4) is 0 Å². The molecular formula is C14H27NO. The predicted molar refractivity (Wildman–Crippen MR) is 67.5 cm³/mol. The van der Waals surface area contributed by atoms with Gasteiger partial charge in [-0.05, 0) is 58.4 Å². The van der Waals surface area contributed by atoms with E-state index >= 15 is 0 Å². The lowest BCUT2D eigenvalue weighted by Gasteiger charge is -2.31. The molecule has 0 bridgehead atoms. The summed E-state index contributed by atoms with van der Waals surface area (Å²) in [6.45, 7) is 6.20. The van der Waals surface area contributed by atoms with E-state index in [1.807, 2.05) is 13.8 Å². The molecule has 0 aromatic heterocycles. The minimum Gasteiger partial charge on any atom is -0.390 e.